The molecule has 0 saturated heterocycles. The Kier molecular flexibility index (Phi) is 3.23. The molecule has 2 rings (SSSR count). The Bertz CT molecular complexity index is 442. The van der Waals surface area contributed by atoms with Crippen LogP contribution in [0.15, 0.2) is 48.3 Å². The molecule has 0 fully saturated rings. The van der Waals surface area contributed by atoms with E-state index < -0.39 is 0 Å². The van der Waals surface area contributed by atoms with Gasteiger partial charge >= 0.3 is 0 Å². The van der Waals surface area contributed by atoms with Crippen LogP contribution in [-0.2, 0) is 6.42 Å². The zero-order valence-corrected chi connectivity index (χ0v) is 10.1. The number of aromatic hydroxyl groups is 1. The van der Waals surface area contributed by atoms with Crippen molar-refractivity contribution in [3.63, 3.8) is 0 Å². The topological polar surface area (TPSA) is 40.5 Å². The number of aliphatic hydroxyl groups excluding tert-OH is 1. The standard InChI is InChI=1S/C15H18O2/c1-2-15(9-7-14(17)8-10-15)11-12-3-5-13(16)6-4-12/h3-9,16-17H,2,10-11H2,1H3. The largest absolute Gasteiger partial charge is 0.508 e. The number of hydrogen-bond acceptors (Lipinski definition) is 2. The fraction of sp³-hybridized carbons (Fsp3) is 0.333. The summed E-state index contributed by atoms with van der Waals surface area (Å²) in [7, 11) is 0. The molecule has 2 N–H and O–H groups in total. The third-order valence-corrected chi connectivity index (χ3v) is 3.52. The monoisotopic (exact) mass is 230 g/mol. The molecule has 1 aromatic carbocycles. The third-order valence-electron chi connectivity index (χ3n) is 3.52. The second-order valence-corrected chi connectivity index (χ2v) is 4.73. The van der Waals surface area contributed by atoms with Gasteiger partial charge in [0.25, 0.3) is 0 Å². The summed E-state index contributed by atoms with van der Waals surface area (Å²) in [5.41, 5.74) is 1.31. The summed E-state index contributed by atoms with van der Waals surface area (Å²) >= 11 is 0. The molecule has 1 aliphatic carbocycles. The summed E-state index contributed by atoms with van der Waals surface area (Å²) in [5, 5.41) is 18.6. The van der Waals surface area contributed by atoms with Crippen LogP contribution in [0, 0.1) is 5.41 Å². The van der Waals surface area contributed by atoms with Gasteiger partial charge in [-0.25, -0.2) is 0 Å². The molecule has 90 valence electrons. The minimum absolute atomic E-state index is 0.100. The molecule has 1 atom stereocenters. The van der Waals surface area contributed by atoms with Gasteiger partial charge in [0.15, 0.2) is 0 Å². The first kappa shape index (κ1) is 11.8. The van der Waals surface area contributed by atoms with Crippen LogP contribution in [0.3, 0.4) is 0 Å². The van der Waals surface area contributed by atoms with Crippen LogP contribution in [-0.4, -0.2) is 10.2 Å². The smallest absolute Gasteiger partial charge is 0.115 e. The fourth-order valence-electron chi connectivity index (χ4n) is 2.24. The van der Waals surface area contributed by atoms with E-state index in [1.807, 2.05) is 18.2 Å². The van der Waals surface area contributed by atoms with Gasteiger partial charge in [0, 0.05) is 0 Å². The summed E-state index contributed by atoms with van der Waals surface area (Å²) in [6.45, 7) is 2.17. The predicted molar refractivity (Wildman–Crippen MR) is 69.0 cm³/mol. The van der Waals surface area contributed by atoms with Crippen LogP contribution in [0.4, 0.5) is 0 Å². The second kappa shape index (κ2) is 4.66. The van der Waals surface area contributed by atoms with E-state index in [4.69, 9.17) is 0 Å². The quantitative estimate of drug-likeness (QED) is 0.830. The molecule has 2 nitrogen and oxygen atoms in total. The van der Waals surface area contributed by atoms with E-state index in [9.17, 15) is 10.2 Å². The van der Waals surface area contributed by atoms with Gasteiger partial charge in [0.2, 0.25) is 0 Å². The first-order valence-electron chi connectivity index (χ1n) is 6.00. The normalized spacial score (nSPS) is 23.5. The lowest BCUT2D eigenvalue weighted by Gasteiger charge is -2.30. The van der Waals surface area contributed by atoms with E-state index in [0.717, 1.165) is 19.3 Å². The molecule has 0 aromatic heterocycles. The maximum absolute atomic E-state index is 9.38. The number of aliphatic hydroxyl groups is 1. The molecule has 0 spiro atoms. The molecule has 1 aromatic rings. The van der Waals surface area contributed by atoms with Crippen molar-refractivity contribution in [1.82, 2.24) is 0 Å². The Hall–Kier alpha value is -1.70. The summed E-state index contributed by atoms with van der Waals surface area (Å²) in [6, 6.07) is 7.36. The van der Waals surface area contributed by atoms with Crippen molar-refractivity contribution in [1.29, 1.82) is 0 Å². The Labute approximate surface area is 102 Å². The lowest BCUT2D eigenvalue weighted by molar-refractivity contribution is 0.343. The van der Waals surface area contributed by atoms with Crippen LogP contribution in [0.1, 0.15) is 25.3 Å². The Morgan fingerprint density at radius 3 is 2.41 bits per heavy atom. The highest BCUT2D eigenvalue weighted by molar-refractivity contribution is 5.29. The molecule has 2 heteroatoms. The van der Waals surface area contributed by atoms with Crippen molar-refractivity contribution >= 4 is 0 Å². The Balaban J connectivity index is 2.16. The number of benzene rings is 1. The zero-order chi connectivity index (χ0) is 12.3. The highest BCUT2D eigenvalue weighted by Crippen LogP contribution is 2.36. The van der Waals surface area contributed by atoms with Gasteiger partial charge < -0.3 is 10.2 Å². The summed E-state index contributed by atoms with van der Waals surface area (Å²) < 4.78 is 0. The fourth-order valence-corrected chi connectivity index (χ4v) is 2.24. The molecule has 17 heavy (non-hydrogen) atoms. The van der Waals surface area contributed by atoms with Gasteiger partial charge in [-0.1, -0.05) is 25.1 Å². The van der Waals surface area contributed by atoms with Crippen LogP contribution in [0.25, 0.3) is 0 Å². The van der Waals surface area contributed by atoms with E-state index in [1.165, 1.54) is 5.56 Å². The van der Waals surface area contributed by atoms with E-state index in [2.05, 4.69) is 13.0 Å². The average molecular weight is 230 g/mol. The van der Waals surface area contributed by atoms with E-state index in [1.54, 1.807) is 18.2 Å². The Morgan fingerprint density at radius 1 is 1.18 bits per heavy atom. The maximum Gasteiger partial charge on any atom is 0.115 e. The van der Waals surface area contributed by atoms with Crippen molar-refractivity contribution in [3.05, 3.63) is 53.8 Å². The molecule has 1 unspecified atom stereocenters. The SMILES string of the molecule is CCC1(Cc2ccc(O)cc2)C=CC(O)=CC1. The molecule has 0 bridgehead atoms. The van der Waals surface area contributed by atoms with Crippen LogP contribution in [0.2, 0.25) is 0 Å². The van der Waals surface area contributed by atoms with Crippen molar-refractivity contribution < 1.29 is 10.2 Å². The number of rotatable bonds is 3. The third kappa shape index (κ3) is 2.70. The number of allylic oxidation sites excluding steroid dienone is 3. The van der Waals surface area contributed by atoms with Gasteiger partial charge in [0.1, 0.15) is 11.5 Å². The van der Waals surface area contributed by atoms with E-state index in [-0.39, 0.29) is 5.41 Å². The Morgan fingerprint density at radius 2 is 1.88 bits per heavy atom. The van der Waals surface area contributed by atoms with Gasteiger partial charge in [-0.15, -0.1) is 0 Å². The molecule has 0 radical (unpaired) electrons. The predicted octanol–water partition coefficient (Wildman–Crippen LogP) is 3.73. The molecule has 1 aliphatic rings. The first-order valence-corrected chi connectivity index (χ1v) is 6.00. The lowest BCUT2D eigenvalue weighted by Crippen LogP contribution is -2.21. The van der Waals surface area contributed by atoms with Gasteiger partial charge in [0.05, 0.1) is 0 Å². The summed E-state index contributed by atoms with van der Waals surface area (Å²) in [6.07, 6.45) is 8.61. The van der Waals surface area contributed by atoms with Crippen molar-refractivity contribution in [3.8, 4) is 5.75 Å². The van der Waals surface area contributed by atoms with Crippen LogP contribution < -0.4 is 0 Å². The highest BCUT2D eigenvalue weighted by Gasteiger charge is 2.26. The molecular weight excluding hydrogens is 212 g/mol. The summed E-state index contributed by atoms with van der Waals surface area (Å²) in [4.78, 5) is 0. The molecule has 0 aliphatic heterocycles. The summed E-state index contributed by atoms with van der Waals surface area (Å²) in [5.74, 6) is 0.663. The minimum Gasteiger partial charge on any atom is -0.508 e. The van der Waals surface area contributed by atoms with Gasteiger partial charge in [-0.05, 0) is 54.5 Å². The van der Waals surface area contributed by atoms with Crippen LogP contribution in [0.5, 0.6) is 5.75 Å². The van der Waals surface area contributed by atoms with E-state index >= 15 is 0 Å². The van der Waals surface area contributed by atoms with Crippen LogP contribution >= 0.6 is 0 Å². The highest BCUT2D eigenvalue weighted by atomic mass is 16.3. The van der Waals surface area contributed by atoms with Gasteiger partial charge in [-0.3, -0.25) is 0 Å². The van der Waals surface area contributed by atoms with Crippen molar-refractivity contribution in [2.24, 2.45) is 5.41 Å². The van der Waals surface area contributed by atoms with E-state index in [0.29, 0.717) is 11.5 Å². The van der Waals surface area contributed by atoms with Gasteiger partial charge in [-0.2, -0.15) is 0 Å². The maximum atomic E-state index is 9.38. The minimum atomic E-state index is 0.100. The molecule has 0 amide bonds. The molecule has 0 saturated carbocycles. The second-order valence-electron chi connectivity index (χ2n) is 4.73. The molecular formula is C15H18O2. The first-order chi connectivity index (χ1) is 8.13. The average Bonchev–Trinajstić information content (AvgIpc) is 2.35. The molecule has 0 heterocycles. The lowest BCUT2D eigenvalue weighted by atomic mass is 9.74. The zero-order valence-electron chi connectivity index (χ0n) is 10.1. The van der Waals surface area contributed by atoms with Crippen molar-refractivity contribution in [2.45, 2.75) is 26.2 Å². The number of phenols is 1. The number of hydrogen-bond donors (Lipinski definition) is 2. The number of phenolic OH excluding ortho intramolecular Hbond substituents is 1. The van der Waals surface area contributed by atoms with Crippen molar-refractivity contribution in [2.75, 3.05) is 0 Å².